The molecule has 0 aliphatic carbocycles. The number of nitrogens with one attached hydrogen (secondary N) is 1. The lowest BCUT2D eigenvalue weighted by molar-refractivity contribution is 0.565. The first-order chi connectivity index (χ1) is 15.9. The first-order valence-corrected chi connectivity index (χ1v) is 11.8. The molecule has 3 heterocycles. The third-order valence-electron chi connectivity index (χ3n) is 6.08. The lowest BCUT2D eigenvalue weighted by atomic mass is 9.96. The highest BCUT2D eigenvalue weighted by Gasteiger charge is 2.42. The van der Waals surface area contributed by atoms with E-state index < -0.39 is 0 Å². The Labute approximate surface area is 206 Å². The molecule has 2 aromatic heterocycles. The number of nitrogens with zero attached hydrogens (tertiary/aromatic N) is 3. The maximum absolute atomic E-state index is 13.7. The number of hydrogen-bond acceptors (Lipinski definition) is 2. The van der Waals surface area contributed by atoms with Crippen molar-refractivity contribution in [2.75, 3.05) is 4.90 Å². The number of rotatable bonds is 4. The van der Waals surface area contributed by atoms with Gasteiger partial charge in [0.25, 0.3) is 0 Å². The zero-order valence-corrected chi connectivity index (χ0v) is 20.6. The van der Waals surface area contributed by atoms with Crippen LogP contribution in [0, 0.1) is 19.7 Å². The van der Waals surface area contributed by atoms with Crippen molar-refractivity contribution in [2.24, 2.45) is 0 Å². The Balaban J connectivity index is 1.67. The molecule has 2 aromatic carbocycles. The molecule has 1 saturated heterocycles. The highest BCUT2D eigenvalue weighted by Crippen LogP contribution is 2.43. The minimum Gasteiger partial charge on any atom is -0.351 e. The van der Waals surface area contributed by atoms with Gasteiger partial charge < -0.3 is 14.8 Å². The molecular weight excluding hydrogens is 499 g/mol. The number of pyridine rings is 1. The standard InChI is InChI=1S/C26H22BrFN4S/c1-16-15-22(17(2)31(16)20-10-6-18(27)7-11-20)25-24(23-5-3-4-14-29-23)30-26(33)32(25)21-12-8-19(28)9-13-21/h3-15,24-25H,1-2H3,(H,30,33)/t24-,25+/m1/s1. The summed E-state index contributed by atoms with van der Waals surface area (Å²) < 4.78 is 17.0. The highest BCUT2D eigenvalue weighted by atomic mass is 79.9. The van der Waals surface area contributed by atoms with E-state index in [-0.39, 0.29) is 17.9 Å². The lowest BCUT2D eigenvalue weighted by Crippen LogP contribution is -2.29. The molecule has 0 unspecified atom stereocenters. The van der Waals surface area contributed by atoms with Crippen molar-refractivity contribution < 1.29 is 4.39 Å². The van der Waals surface area contributed by atoms with Crippen LogP contribution in [0.15, 0.2) is 83.5 Å². The molecule has 1 aliphatic heterocycles. The Bertz CT molecular complexity index is 1300. The number of hydrogen-bond donors (Lipinski definition) is 1. The summed E-state index contributed by atoms with van der Waals surface area (Å²) in [4.78, 5) is 6.69. The van der Waals surface area contributed by atoms with Gasteiger partial charge in [-0.3, -0.25) is 4.98 Å². The van der Waals surface area contributed by atoms with E-state index in [4.69, 9.17) is 12.2 Å². The number of aromatic nitrogens is 2. The average molecular weight is 521 g/mol. The van der Waals surface area contributed by atoms with Gasteiger partial charge in [-0.05, 0) is 98.4 Å². The normalized spacial score (nSPS) is 17.9. The second-order valence-corrected chi connectivity index (χ2v) is 9.41. The molecule has 0 spiro atoms. The van der Waals surface area contributed by atoms with Crippen LogP contribution in [0.4, 0.5) is 10.1 Å². The van der Waals surface area contributed by atoms with Crippen molar-refractivity contribution in [2.45, 2.75) is 25.9 Å². The van der Waals surface area contributed by atoms with Crippen LogP contribution in [0.1, 0.15) is 34.7 Å². The summed E-state index contributed by atoms with van der Waals surface area (Å²) in [5, 5.41) is 4.06. The molecule has 33 heavy (non-hydrogen) atoms. The van der Waals surface area contributed by atoms with Gasteiger partial charge >= 0.3 is 0 Å². The van der Waals surface area contributed by atoms with Crippen LogP contribution in [-0.4, -0.2) is 14.7 Å². The fourth-order valence-corrected chi connectivity index (χ4v) is 5.24. The molecule has 0 radical (unpaired) electrons. The molecule has 1 aliphatic rings. The van der Waals surface area contributed by atoms with Gasteiger partial charge in [-0.15, -0.1) is 0 Å². The molecule has 0 bridgehead atoms. The van der Waals surface area contributed by atoms with Gasteiger partial charge in [-0.25, -0.2) is 4.39 Å². The molecule has 2 atom stereocenters. The van der Waals surface area contributed by atoms with Gasteiger partial charge in [-0.2, -0.15) is 0 Å². The smallest absolute Gasteiger partial charge is 0.174 e. The van der Waals surface area contributed by atoms with Crippen molar-refractivity contribution in [3.63, 3.8) is 0 Å². The van der Waals surface area contributed by atoms with Gasteiger partial charge in [0.15, 0.2) is 5.11 Å². The van der Waals surface area contributed by atoms with E-state index in [9.17, 15) is 4.39 Å². The van der Waals surface area contributed by atoms with E-state index in [1.807, 2.05) is 30.3 Å². The maximum Gasteiger partial charge on any atom is 0.174 e. The Kier molecular flexibility index (Phi) is 5.76. The van der Waals surface area contributed by atoms with E-state index in [2.05, 4.69) is 67.7 Å². The molecule has 7 heteroatoms. The van der Waals surface area contributed by atoms with E-state index in [1.165, 1.54) is 12.1 Å². The monoisotopic (exact) mass is 520 g/mol. The molecule has 0 amide bonds. The topological polar surface area (TPSA) is 33.1 Å². The number of thiocarbonyl (C=S) groups is 1. The summed E-state index contributed by atoms with van der Waals surface area (Å²) in [5.74, 6) is -0.275. The summed E-state index contributed by atoms with van der Waals surface area (Å²) >= 11 is 9.30. The van der Waals surface area contributed by atoms with Crippen LogP contribution >= 0.6 is 28.1 Å². The SMILES string of the molecule is Cc1cc([C@H]2[C@@H](c3ccccn3)NC(=S)N2c2ccc(F)cc2)c(C)n1-c1ccc(Br)cc1. The Hall–Kier alpha value is -3.03. The minimum absolute atomic E-state index is 0.145. The molecule has 5 rings (SSSR count). The van der Waals surface area contributed by atoms with Crippen molar-refractivity contribution in [3.05, 3.63) is 112 Å². The second kappa shape index (κ2) is 8.72. The molecule has 4 nitrogen and oxygen atoms in total. The fraction of sp³-hybridized carbons (Fsp3) is 0.154. The zero-order valence-electron chi connectivity index (χ0n) is 18.2. The average Bonchev–Trinajstić information content (AvgIpc) is 3.31. The van der Waals surface area contributed by atoms with E-state index in [0.717, 1.165) is 38.5 Å². The maximum atomic E-state index is 13.7. The van der Waals surface area contributed by atoms with Crippen molar-refractivity contribution in [3.8, 4) is 5.69 Å². The molecule has 0 saturated carbocycles. The summed E-state index contributed by atoms with van der Waals surface area (Å²) in [6, 6.07) is 22.6. The van der Waals surface area contributed by atoms with Crippen molar-refractivity contribution in [1.82, 2.24) is 14.9 Å². The molecule has 1 N–H and O–H groups in total. The summed E-state index contributed by atoms with van der Waals surface area (Å²) in [7, 11) is 0. The van der Waals surface area contributed by atoms with Crippen LogP contribution < -0.4 is 10.2 Å². The van der Waals surface area contributed by atoms with Gasteiger partial charge in [0.2, 0.25) is 0 Å². The number of aryl methyl sites for hydroxylation is 1. The molecule has 166 valence electrons. The van der Waals surface area contributed by atoms with Gasteiger partial charge in [-0.1, -0.05) is 22.0 Å². The summed E-state index contributed by atoms with van der Waals surface area (Å²) in [6.45, 7) is 4.24. The van der Waals surface area contributed by atoms with Crippen molar-refractivity contribution >= 4 is 38.9 Å². The number of benzene rings is 2. The quantitative estimate of drug-likeness (QED) is 0.308. The fourth-order valence-electron chi connectivity index (χ4n) is 4.63. The third-order valence-corrected chi connectivity index (χ3v) is 6.92. The van der Waals surface area contributed by atoms with E-state index in [1.54, 1.807) is 18.3 Å². The van der Waals surface area contributed by atoms with Crippen LogP contribution in [0.25, 0.3) is 5.69 Å². The van der Waals surface area contributed by atoms with E-state index in [0.29, 0.717) is 5.11 Å². The number of halogens is 2. The van der Waals surface area contributed by atoms with Gasteiger partial charge in [0, 0.05) is 33.4 Å². The Morgan fingerprint density at radius 2 is 1.67 bits per heavy atom. The lowest BCUT2D eigenvalue weighted by Gasteiger charge is -2.28. The largest absolute Gasteiger partial charge is 0.351 e. The van der Waals surface area contributed by atoms with E-state index >= 15 is 0 Å². The predicted molar refractivity (Wildman–Crippen MR) is 137 cm³/mol. The highest BCUT2D eigenvalue weighted by molar-refractivity contribution is 9.10. The van der Waals surface area contributed by atoms with Crippen molar-refractivity contribution in [1.29, 1.82) is 0 Å². The van der Waals surface area contributed by atoms with Crippen LogP contribution in [-0.2, 0) is 0 Å². The molecule has 1 fully saturated rings. The zero-order chi connectivity index (χ0) is 23.1. The van der Waals surface area contributed by atoms with Gasteiger partial charge in [0.1, 0.15) is 5.82 Å². The molecular formula is C26H22BrFN4S. The molecule has 4 aromatic rings. The Morgan fingerprint density at radius 1 is 0.970 bits per heavy atom. The minimum atomic E-state index is -0.275. The number of anilines is 1. The summed E-state index contributed by atoms with van der Waals surface area (Å²) in [5.41, 5.74) is 6.23. The first-order valence-electron chi connectivity index (χ1n) is 10.6. The van der Waals surface area contributed by atoms with Gasteiger partial charge in [0.05, 0.1) is 17.8 Å². The first kappa shape index (κ1) is 21.8. The van der Waals surface area contributed by atoms with Crippen LogP contribution in [0.3, 0.4) is 0 Å². The Morgan fingerprint density at radius 3 is 2.33 bits per heavy atom. The van der Waals surface area contributed by atoms with Crippen LogP contribution in [0.2, 0.25) is 0 Å². The van der Waals surface area contributed by atoms with Crippen LogP contribution in [0.5, 0.6) is 0 Å². The predicted octanol–water partition coefficient (Wildman–Crippen LogP) is 6.57. The second-order valence-electron chi connectivity index (χ2n) is 8.11. The third kappa shape index (κ3) is 3.96. The summed E-state index contributed by atoms with van der Waals surface area (Å²) in [6.07, 6.45) is 1.79.